The van der Waals surface area contributed by atoms with Crippen molar-refractivity contribution in [2.75, 3.05) is 17.2 Å². The molecule has 0 aliphatic carbocycles. The zero-order valence-electron chi connectivity index (χ0n) is 18.5. The Hall–Kier alpha value is -3.44. The second-order valence-corrected chi connectivity index (χ2v) is 7.91. The average Bonchev–Trinajstić information content (AvgIpc) is 2.71. The van der Waals surface area contributed by atoms with Gasteiger partial charge in [0.05, 0.1) is 6.54 Å². The number of carbonyl (C=O) groups excluding carboxylic acids is 2. The summed E-state index contributed by atoms with van der Waals surface area (Å²) >= 11 is 0. The minimum atomic E-state index is -0.661. The first-order valence-electron chi connectivity index (χ1n) is 10.4. The summed E-state index contributed by atoms with van der Waals surface area (Å²) in [6.07, 6.45) is 0. The normalized spacial score (nSPS) is 11.6. The van der Waals surface area contributed by atoms with Crippen LogP contribution in [-0.4, -0.2) is 18.4 Å². The smallest absolute Gasteiger partial charge is 0.246 e. The van der Waals surface area contributed by atoms with Gasteiger partial charge < -0.3 is 10.6 Å². The lowest BCUT2D eigenvalue weighted by Gasteiger charge is -2.20. The molecule has 5 heteroatoms. The Bertz CT molecular complexity index is 1040. The first kappa shape index (κ1) is 22.2. The van der Waals surface area contributed by atoms with Gasteiger partial charge in [-0.1, -0.05) is 54.6 Å². The molecule has 0 bridgehead atoms. The summed E-state index contributed by atoms with van der Waals surface area (Å²) in [5.74, 6) is -0.409. The van der Waals surface area contributed by atoms with Gasteiger partial charge in [-0.15, -0.1) is 0 Å². The van der Waals surface area contributed by atoms with Crippen LogP contribution in [0.1, 0.15) is 33.9 Å². The Morgan fingerprint density at radius 2 is 1.39 bits per heavy atom. The fourth-order valence-electron chi connectivity index (χ4n) is 3.66. The van der Waals surface area contributed by atoms with Crippen molar-refractivity contribution in [2.24, 2.45) is 0 Å². The molecule has 0 saturated heterocycles. The molecule has 0 aliphatic rings. The maximum absolute atomic E-state index is 13.1. The number of amides is 2. The zero-order valence-corrected chi connectivity index (χ0v) is 18.5. The first-order valence-corrected chi connectivity index (χ1v) is 10.4. The van der Waals surface area contributed by atoms with Gasteiger partial charge in [0.25, 0.3) is 0 Å². The largest absolute Gasteiger partial charge is 0.324 e. The Morgan fingerprint density at radius 1 is 0.774 bits per heavy atom. The molecule has 1 atom stereocenters. The predicted octanol–water partition coefficient (Wildman–Crippen LogP) is 4.83. The monoisotopic (exact) mass is 415 g/mol. The van der Waals surface area contributed by atoms with E-state index in [0.29, 0.717) is 0 Å². The van der Waals surface area contributed by atoms with Crippen molar-refractivity contribution in [1.82, 2.24) is 5.32 Å². The lowest BCUT2D eigenvalue weighted by Crippen LogP contribution is -2.38. The van der Waals surface area contributed by atoms with Crippen molar-refractivity contribution in [3.8, 4) is 0 Å². The summed E-state index contributed by atoms with van der Waals surface area (Å²) in [5, 5.41) is 9.06. The molecule has 0 spiro atoms. The Kier molecular flexibility index (Phi) is 7.21. The Morgan fingerprint density at radius 3 is 2.00 bits per heavy atom. The van der Waals surface area contributed by atoms with Crippen LogP contribution in [0.2, 0.25) is 0 Å². The van der Waals surface area contributed by atoms with Crippen LogP contribution < -0.4 is 16.0 Å². The molecule has 3 aromatic carbocycles. The van der Waals surface area contributed by atoms with E-state index in [1.165, 1.54) is 0 Å². The minimum Gasteiger partial charge on any atom is -0.324 e. The molecule has 3 N–H and O–H groups in total. The molecule has 5 nitrogen and oxygen atoms in total. The van der Waals surface area contributed by atoms with Crippen LogP contribution in [0.3, 0.4) is 0 Å². The third-order valence-corrected chi connectivity index (χ3v) is 5.10. The van der Waals surface area contributed by atoms with Gasteiger partial charge in [-0.2, -0.15) is 0 Å². The van der Waals surface area contributed by atoms with Gasteiger partial charge in [-0.05, 0) is 67.6 Å². The summed E-state index contributed by atoms with van der Waals surface area (Å²) in [7, 11) is 0. The van der Waals surface area contributed by atoms with E-state index < -0.39 is 6.04 Å². The molecule has 0 saturated carbocycles. The highest BCUT2D eigenvalue weighted by atomic mass is 16.2. The second-order valence-electron chi connectivity index (χ2n) is 7.91. The van der Waals surface area contributed by atoms with E-state index in [1.807, 2.05) is 88.4 Å². The molecule has 3 aromatic rings. The Balaban J connectivity index is 1.73. The second kappa shape index (κ2) is 10.0. The van der Waals surface area contributed by atoms with Crippen molar-refractivity contribution in [1.29, 1.82) is 0 Å². The predicted molar refractivity (Wildman–Crippen MR) is 126 cm³/mol. The number of benzene rings is 3. The van der Waals surface area contributed by atoms with Crippen molar-refractivity contribution in [3.05, 3.63) is 94.5 Å². The van der Waals surface area contributed by atoms with Crippen LogP contribution in [0.15, 0.2) is 66.7 Å². The molecule has 0 aromatic heterocycles. The summed E-state index contributed by atoms with van der Waals surface area (Å²) in [4.78, 5) is 25.7. The average molecular weight is 416 g/mol. The highest BCUT2D eigenvalue weighted by molar-refractivity contribution is 5.97. The molecule has 0 heterocycles. The molecule has 0 radical (unpaired) electrons. The molecule has 3 rings (SSSR count). The van der Waals surface area contributed by atoms with E-state index >= 15 is 0 Å². The van der Waals surface area contributed by atoms with Gasteiger partial charge in [-0.25, -0.2) is 0 Å². The number of rotatable bonds is 7. The SMILES string of the molecule is Cc1cc(C)cc(NC(=O)[C@H](NCC(=O)Nc2c(C)cccc2C)c2ccccc2)c1. The van der Waals surface area contributed by atoms with E-state index in [4.69, 9.17) is 0 Å². The van der Waals surface area contributed by atoms with Gasteiger partial charge >= 0.3 is 0 Å². The van der Waals surface area contributed by atoms with Crippen LogP contribution in [-0.2, 0) is 9.59 Å². The lowest BCUT2D eigenvalue weighted by molar-refractivity contribution is -0.119. The molecule has 0 unspecified atom stereocenters. The van der Waals surface area contributed by atoms with E-state index in [-0.39, 0.29) is 18.4 Å². The van der Waals surface area contributed by atoms with E-state index in [9.17, 15) is 9.59 Å². The third-order valence-electron chi connectivity index (χ3n) is 5.10. The molecule has 0 fully saturated rings. The van der Waals surface area contributed by atoms with Crippen LogP contribution in [0.5, 0.6) is 0 Å². The fourth-order valence-corrected chi connectivity index (χ4v) is 3.66. The maximum atomic E-state index is 13.1. The third kappa shape index (κ3) is 6.03. The molecular weight excluding hydrogens is 386 g/mol. The van der Waals surface area contributed by atoms with Gasteiger partial charge in [0.2, 0.25) is 11.8 Å². The number of carbonyl (C=O) groups is 2. The van der Waals surface area contributed by atoms with E-state index in [1.54, 1.807) is 0 Å². The minimum absolute atomic E-state index is 0.00754. The summed E-state index contributed by atoms with van der Waals surface area (Å²) in [6.45, 7) is 7.91. The number of para-hydroxylation sites is 1. The number of anilines is 2. The summed E-state index contributed by atoms with van der Waals surface area (Å²) < 4.78 is 0. The highest BCUT2D eigenvalue weighted by Gasteiger charge is 2.21. The Labute approximate surface area is 183 Å². The maximum Gasteiger partial charge on any atom is 0.246 e. The van der Waals surface area contributed by atoms with Gasteiger partial charge in [0, 0.05) is 11.4 Å². The molecule has 2 amide bonds. The van der Waals surface area contributed by atoms with Crippen molar-refractivity contribution in [3.63, 3.8) is 0 Å². The fraction of sp³-hybridized carbons (Fsp3) is 0.231. The first-order chi connectivity index (χ1) is 14.8. The number of aryl methyl sites for hydroxylation is 4. The van der Waals surface area contributed by atoms with Crippen LogP contribution >= 0.6 is 0 Å². The van der Waals surface area contributed by atoms with Crippen molar-refractivity contribution < 1.29 is 9.59 Å². The summed E-state index contributed by atoms with van der Waals surface area (Å²) in [5.41, 5.74) is 6.50. The number of hydrogen-bond donors (Lipinski definition) is 3. The topological polar surface area (TPSA) is 70.2 Å². The van der Waals surface area contributed by atoms with Crippen LogP contribution in [0.25, 0.3) is 0 Å². The lowest BCUT2D eigenvalue weighted by atomic mass is 10.1. The number of hydrogen-bond acceptors (Lipinski definition) is 3. The van der Waals surface area contributed by atoms with Crippen LogP contribution in [0, 0.1) is 27.7 Å². The van der Waals surface area contributed by atoms with Gasteiger partial charge in [0.1, 0.15) is 6.04 Å². The number of nitrogens with one attached hydrogen (secondary N) is 3. The standard InChI is InChI=1S/C26H29N3O2/c1-17-13-18(2)15-22(14-17)28-26(31)25(21-11-6-5-7-12-21)27-16-23(30)29-24-19(3)9-8-10-20(24)4/h5-15,25,27H,16H2,1-4H3,(H,28,31)(H,29,30)/t25-/m1/s1. The molecule has 31 heavy (non-hydrogen) atoms. The van der Waals surface area contributed by atoms with Gasteiger partial charge in [0.15, 0.2) is 0 Å². The zero-order chi connectivity index (χ0) is 22.4. The van der Waals surface area contributed by atoms with E-state index in [2.05, 4.69) is 22.0 Å². The van der Waals surface area contributed by atoms with Crippen molar-refractivity contribution >= 4 is 23.2 Å². The van der Waals surface area contributed by atoms with Gasteiger partial charge in [-0.3, -0.25) is 14.9 Å². The quantitative estimate of drug-likeness (QED) is 0.518. The molecule has 0 aliphatic heterocycles. The summed E-state index contributed by atoms with van der Waals surface area (Å²) in [6, 6.07) is 20.5. The molecular formula is C26H29N3O2. The highest BCUT2D eigenvalue weighted by Crippen LogP contribution is 2.20. The molecule has 160 valence electrons. The van der Waals surface area contributed by atoms with E-state index in [0.717, 1.165) is 39.2 Å². The van der Waals surface area contributed by atoms with Crippen LogP contribution in [0.4, 0.5) is 11.4 Å². The van der Waals surface area contributed by atoms with Crippen molar-refractivity contribution in [2.45, 2.75) is 33.7 Å².